The molecule has 1 aromatic heterocycles. The van der Waals surface area contributed by atoms with Crippen molar-refractivity contribution in [3.63, 3.8) is 0 Å². The number of aromatic nitrogens is 1. The van der Waals surface area contributed by atoms with Crippen LogP contribution in [-0.2, 0) is 6.61 Å². The highest BCUT2D eigenvalue weighted by atomic mass is 16.5. The van der Waals surface area contributed by atoms with Crippen molar-refractivity contribution in [3.8, 4) is 5.75 Å². The number of aryl methyl sites for hydroxylation is 1. The summed E-state index contributed by atoms with van der Waals surface area (Å²) in [4.78, 5) is 16.1. The number of nitrogens with zero attached hydrogens (tertiary/aromatic N) is 1. The van der Waals surface area contributed by atoms with E-state index in [9.17, 15) is 9.90 Å². The lowest BCUT2D eigenvalue weighted by Crippen LogP contribution is -2.12. The van der Waals surface area contributed by atoms with Crippen LogP contribution in [0.4, 0.5) is 5.69 Å². The van der Waals surface area contributed by atoms with E-state index in [0.29, 0.717) is 22.6 Å². The summed E-state index contributed by atoms with van der Waals surface area (Å²) in [5.41, 5.74) is 2.55. The molecule has 1 amide bonds. The van der Waals surface area contributed by atoms with Gasteiger partial charge in [0, 0.05) is 23.1 Å². The first kappa shape index (κ1) is 14.0. The summed E-state index contributed by atoms with van der Waals surface area (Å²) in [6.45, 7) is 1.71. The van der Waals surface area contributed by atoms with Crippen molar-refractivity contribution in [3.05, 3.63) is 53.3 Å². The van der Waals surface area contributed by atoms with Crippen LogP contribution in [0.5, 0.6) is 5.75 Å². The molecule has 0 bridgehead atoms. The molecule has 0 saturated heterocycles. The summed E-state index contributed by atoms with van der Waals surface area (Å²) < 4.78 is 5.11. The highest BCUT2D eigenvalue weighted by Crippen LogP contribution is 2.22. The van der Waals surface area contributed by atoms with E-state index < -0.39 is 0 Å². The molecule has 0 saturated carbocycles. The number of anilines is 1. The van der Waals surface area contributed by atoms with Crippen molar-refractivity contribution in [1.29, 1.82) is 0 Å². The van der Waals surface area contributed by atoms with Gasteiger partial charge >= 0.3 is 0 Å². The normalized spacial score (nSPS) is 10.2. The number of carbonyl (C=O) groups excluding carboxylic acids is 1. The van der Waals surface area contributed by atoms with Gasteiger partial charge in [0.1, 0.15) is 5.75 Å². The average molecular weight is 272 g/mol. The predicted molar refractivity (Wildman–Crippen MR) is 75.8 cm³/mol. The van der Waals surface area contributed by atoms with Crippen LogP contribution in [0.3, 0.4) is 0 Å². The van der Waals surface area contributed by atoms with Gasteiger partial charge in [-0.3, -0.25) is 9.78 Å². The van der Waals surface area contributed by atoms with E-state index in [1.54, 1.807) is 30.3 Å². The fourth-order valence-corrected chi connectivity index (χ4v) is 1.79. The standard InChI is InChI=1S/C15H16N2O3/c1-10-3-4-11(8-16-10)15(19)17-13-5-6-14(20-2)12(7-13)9-18/h3-8,18H,9H2,1-2H3,(H,17,19). The smallest absolute Gasteiger partial charge is 0.257 e. The molecule has 0 unspecified atom stereocenters. The molecule has 0 aliphatic rings. The monoisotopic (exact) mass is 272 g/mol. The van der Waals surface area contributed by atoms with Crippen LogP contribution < -0.4 is 10.1 Å². The van der Waals surface area contributed by atoms with Gasteiger partial charge in [-0.15, -0.1) is 0 Å². The number of nitrogens with one attached hydrogen (secondary N) is 1. The summed E-state index contributed by atoms with van der Waals surface area (Å²) in [5.74, 6) is 0.342. The Kier molecular flexibility index (Phi) is 4.32. The maximum absolute atomic E-state index is 12.0. The van der Waals surface area contributed by atoms with E-state index in [2.05, 4.69) is 10.3 Å². The molecule has 104 valence electrons. The number of hydrogen-bond acceptors (Lipinski definition) is 4. The lowest BCUT2D eigenvalue weighted by molar-refractivity contribution is 0.102. The average Bonchev–Trinajstić information content (AvgIpc) is 2.47. The minimum Gasteiger partial charge on any atom is -0.496 e. The molecule has 0 aliphatic carbocycles. The Morgan fingerprint density at radius 3 is 2.75 bits per heavy atom. The molecule has 0 fully saturated rings. The zero-order valence-corrected chi connectivity index (χ0v) is 11.4. The van der Waals surface area contributed by atoms with Crippen molar-refractivity contribution in [2.75, 3.05) is 12.4 Å². The molecule has 2 aromatic rings. The minimum absolute atomic E-state index is 0.154. The Labute approximate surface area is 117 Å². The Morgan fingerprint density at radius 2 is 2.15 bits per heavy atom. The molecule has 5 nitrogen and oxygen atoms in total. The maximum atomic E-state index is 12.0. The second kappa shape index (κ2) is 6.16. The van der Waals surface area contributed by atoms with Crippen LogP contribution >= 0.6 is 0 Å². The van der Waals surface area contributed by atoms with Crippen LogP contribution in [0.2, 0.25) is 0 Å². The summed E-state index contributed by atoms with van der Waals surface area (Å²) in [7, 11) is 1.53. The van der Waals surface area contributed by atoms with Crippen molar-refractivity contribution in [2.24, 2.45) is 0 Å². The van der Waals surface area contributed by atoms with Gasteiger partial charge in [-0.05, 0) is 37.3 Å². The molecular formula is C15H16N2O3. The molecule has 0 aliphatic heterocycles. The first-order chi connectivity index (χ1) is 9.63. The van der Waals surface area contributed by atoms with Crippen molar-refractivity contribution >= 4 is 11.6 Å². The molecule has 5 heteroatoms. The zero-order chi connectivity index (χ0) is 14.5. The molecule has 1 heterocycles. The lowest BCUT2D eigenvalue weighted by Gasteiger charge is -2.10. The quantitative estimate of drug-likeness (QED) is 0.894. The van der Waals surface area contributed by atoms with Crippen LogP contribution in [-0.4, -0.2) is 23.1 Å². The summed E-state index contributed by atoms with van der Waals surface area (Å²) >= 11 is 0. The lowest BCUT2D eigenvalue weighted by atomic mass is 10.1. The number of benzene rings is 1. The number of carbonyl (C=O) groups is 1. The van der Waals surface area contributed by atoms with Gasteiger partial charge in [-0.1, -0.05) is 0 Å². The SMILES string of the molecule is COc1ccc(NC(=O)c2ccc(C)nc2)cc1CO. The molecule has 2 rings (SSSR count). The zero-order valence-electron chi connectivity index (χ0n) is 11.4. The molecule has 0 spiro atoms. The third-order valence-corrected chi connectivity index (χ3v) is 2.88. The van der Waals surface area contributed by atoms with Crippen LogP contribution in [0.1, 0.15) is 21.6 Å². The Bertz CT molecular complexity index is 609. The number of methoxy groups -OCH3 is 1. The molecule has 1 aromatic carbocycles. The number of amides is 1. The van der Waals surface area contributed by atoms with E-state index in [4.69, 9.17) is 4.74 Å². The third-order valence-electron chi connectivity index (χ3n) is 2.88. The Balaban J connectivity index is 2.17. The number of pyridine rings is 1. The van der Waals surface area contributed by atoms with Crippen LogP contribution in [0.25, 0.3) is 0 Å². The number of hydrogen-bond donors (Lipinski definition) is 2. The second-order valence-corrected chi connectivity index (χ2v) is 4.33. The maximum Gasteiger partial charge on any atom is 0.257 e. The molecule has 2 N–H and O–H groups in total. The van der Waals surface area contributed by atoms with Gasteiger partial charge in [0.15, 0.2) is 0 Å². The third kappa shape index (κ3) is 3.13. The molecule has 20 heavy (non-hydrogen) atoms. The van der Waals surface area contributed by atoms with Gasteiger partial charge < -0.3 is 15.2 Å². The van der Waals surface area contributed by atoms with Gasteiger partial charge in [0.05, 0.1) is 19.3 Å². The van der Waals surface area contributed by atoms with E-state index in [1.165, 1.54) is 13.3 Å². The second-order valence-electron chi connectivity index (χ2n) is 4.33. The summed E-state index contributed by atoms with van der Waals surface area (Å²) in [5, 5.41) is 12.0. The fraction of sp³-hybridized carbons (Fsp3) is 0.200. The van der Waals surface area contributed by atoms with E-state index >= 15 is 0 Å². The van der Waals surface area contributed by atoms with Crippen molar-refractivity contribution in [1.82, 2.24) is 4.98 Å². The molecule has 0 radical (unpaired) electrons. The number of rotatable bonds is 4. The Morgan fingerprint density at radius 1 is 1.35 bits per heavy atom. The summed E-state index contributed by atoms with van der Waals surface area (Å²) in [6, 6.07) is 8.60. The highest BCUT2D eigenvalue weighted by Gasteiger charge is 2.08. The van der Waals surface area contributed by atoms with E-state index in [-0.39, 0.29) is 12.5 Å². The van der Waals surface area contributed by atoms with E-state index in [1.807, 2.05) is 6.92 Å². The first-order valence-corrected chi connectivity index (χ1v) is 6.16. The number of aliphatic hydroxyl groups is 1. The minimum atomic E-state index is -0.244. The van der Waals surface area contributed by atoms with E-state index in [0.717, 1.165) is 5.69 Å². The molecular weight excluding hydrogens is 256 g/mol. The van der Waals surface area contributed by atoms with Gasteiger partial charge in [-0.2, -0.15) is 0 Å². The van der Waals surface area contributed by atoms with Crippen LogP contribution in [0.15, 0.2) is 36.5 Å². The summed E-state index contributed by atoms with van der Waals surface area (Å²) in [6.07, 6.45) is 1.53. The van der Waals surface area contributed by atoms with Crippen LogP contribution in [0, 0.1) is 6.92 Å². The van der Waals surface area contributed by atoms with Crippen molar-refractivity contribution < 1.29 is 14.6 Å². The van der Waals surface area contributed by atoms with Gasteiger partial charge in [0.25, 0.3) is 5.91 Å². The first-order valence-electron chi connectivity index (χ1n) is 6.16. The van der Waals surface area contributed by atoms with Gasteiger partial charge in [-0.25, -0.2) is 0 Å². The van der Waals surface area contributed by atoms with Gasteiger partial charge in [0.2, 0.25) is 0 Å². The fourth-order valence-electron chi connectivity index (χ4n) is 1.79. The number of ether oxygens (including phenoxy) is 1. The highest BCUT2D eigenvalue weighted by molar-refractivity contribution is 6.04. The van der Waals surface area contributed by atoms with Crippen molar-refractivity contribution in [2.45, 2.75) is 13.5 Å². The predicted octanol–water partition coefficient (Wildman–Crippen LogP) is 2.14. The largest absolute Gasteiger partial charge is 0.496 e. The number of aliphatic hydroxyl groups excluding tert-OH is 1. The topological polar surface area (TPSA) is 71.5 Å². The molecule has 0 atom stereocenters. The Hall–Kier alpha value is -2.40.